The van der Waals surface area contributed by atoms with Crippen molar-refractivity contribution in [3.63, 3.8) is 0 Å². The Morgan fingerprint density at radius 1 is 1.16 bits per heavy atom. The molecular weight excluding hydrogens is 257 g/mol. The lowest BCUT2D eigenvalue weighted by molar-refractivity contribution is -0.137. The summed E-state index contributed by atoms with van der Waals surface area (Å²) in [6, 6.07) is 3.98. The average molecular weight is 272 g/mol. The Bertz CT molecular complexity index is 477. The molecule has 6 heteroatoms. The smallest absolute Gasteiger partial charge is 0.399 e. The van der Waals surface area contributed by atoms with Crippen molar-refractivity contribution >= 4 is 11.4 Å². The summed E-state index contributed by atoms with van der Waals surface area (Å²) in [7, 11) is 0. The molecule has 0 aromatic heterocycles. The van der Waals surface area contributed by atoms with Crippen LogP contribution in [0.15, 0.2) is 18.2 Å². The quantitative estimate of drug-likeness (QED) is 0.799. The molecule has 19 heavy (non-hydrogen) atoms. The molecule has 0 spiro atoms. The Hall–Kier alpha value is -1.43. The number of hydrogen-bond donors (Lipinski definition) is 1. The zero-order valence-corrected chi connectivity index (χ0v) is 10.3. The molecule has 3 rings (SSSR count). The number of benzene rings is 1. The molecule has 1 aromatic carbocycles. The monoisotopic (exact) mass is 272 g/mol. The van der Waals surface area contributed by atoms with Crippen LogP contribution in [-0.2, 0) is 10.9 Å². The van der Waals surface area contributed by atoms with E-state index in [4.69, 9.17) is 10.5 Å². The number of nitrogen functional groups attached to an aromatic ring is 1. The van der Waals surface area contributed by atoms with E-state index in [1.165, 1.54) is 12.1 Å². The Morgan fingerprint density at radius 2 is 1.79 bits per heavy atom. The van der Waals surface area contributed by atoms with Crippen LogP contribution in [0.25, 0.3) is 0 Å². The summed E-state index contributed by atoms with van der Waals surface area (Å²) in [6.45, 7) is 1.03. The first-order valence-electron chi connectivity index (χ1n) is 6.30. The van der Waals surface area contributed by atoms with E-state index in [0.29, 0.717) is 13.1 Å². The molecule has 2 unspecified atom stereocenters. The van der Waals surface area contributed by atoms with Gasteiger partial charge in [0.05, 0.1) is 17.8 Å². The first kappa shape index (κ1) is 12.6. The fourth-order valence-electron chi connectivity index (χ4n) is 2.87. The van der Waals surface area contributed by atoms with Crippen LogP contribution in [0.4, 0.5) is 24.5 Å². The van der Waals surface area contributed by atoms with Crippen LogP contribution in [0.2, 0.25) is 0 Å². The normalized spacial score (nSPS) is 26.8. The van der Waals surface area contributed by atoms with Crippen molar-refractivity contribution in [1.29, 1.82) is 0 Å². The highest BCUT2D eigenvalue weighted by atomic mass is 19.4. The topological polar surface area (TPSA) is 38.5 Å². The first-order valence-corrected chi connectivity index (χ1v) is 6.30. The van der Waals surface area contributed by atoms with Gasteiger partial charge < -0.3 is 15.4 Å². The zero-order valence-electron chi connectivity index (χ0n) is 10.3. The van der Waals surface area contributed by atoms with Gasteiger partial charge in [0.25, 0.3) is 0 Å². The third-order valence-electron chi connectivity index (χ3n) is 3.71. The molecule has 2 atom stereocenters. The first-order chi connectivity index (χ1) is 8.93. The fourth-order valence-corrected chi connectivity index (χ4v) is 2.87. The van der Waals surface area contributed by atoms with Crippen LogP contribution >= 0.6 is 0 Å². The summed E-state index contributed by atoms with van der Waals surface area (Å²) in [6.07, 6.45) is -2.42. The number of rotatable bonds is 1. The second-order valence-corrected chi connectivity index (χ2v) is 5.14. The highest BCUT2D eigenvalue weighted by Gasteiger charge is 2.39. The average Bonchev–Trinajstić information content (AvgIpc) is 2.67. The van der Waals surface area contributed by atoms with Gasteiger partial charge in [-0.05, 0) is 31.0 Å². The van der Waals surface area contributed by atoms with Gasteiger partial charge in [0.1, 0.15) is 0 Å². The van der Waals surface area contributed by atoms with E-state index in [1.807, 2.05) is 0 Å². The van der Waals surface area contributed by atoms with Crippen molar-refractivity contribution in [2.24, 2.45) is 0 Å². The van der Waals surface area contributed by atoms with E-state index < -0.39 is 11.7 Å². The van der Waals surface area contributed by atoms with Crippen LogP contribution in [0, 0.1) is 0 Å². The number of hydrogen-bond acceptors (Lipinski definition) is 3. The van der Waals surface area contributed by atoms with Crippen molar-refractivity contribution in [3.8, 4) is 0 Å². The van der Waals surface area contributed by atoms with Gasteiger partial charge in [0.2, 0.25) is 0 Å². The molecule has 2 heterocycles. The molecule has 1 aromatic rings. The number of nitrogens with two attached hydrogens (primary N) is 1. The summed E-state index contributed by atoms with van der Waals surface area (Å²) < 4.78 is 44.9. The van der Waals surface area contributed by atoms with Crippen molar-refractivity contribution < 1.29 is 17.9 Å². The molecule has 104 valence electrons. The van der Waals surface area contributed by atoms with E-state index in [2.05, 4.69) is 0 Å². The molecule has 2 bridgehead atoms. The molecule has 2 saturated heterocycles. The van der Waals surface area contributed by atoms with Crippen LogP contribution in [0.5, 0.6) is 0 Å². The number of morpholine rings is 1. The lowest BCUT2D eigenvalue weighted by atomic mass is 10.1. The summed E-state index contributed by atoms with van der Waals surface area (Å²) in [5.74, 6) is 0. The third kappa shape index (κ3) is 2.36. The summed E-state index contributed by atoms with van der Waals surface area (Å²) in [5.41, 5.74) is 5.16. The van der Waals surface area contributed by atoms with Gasteiger partial charge in [-0.25, -0.2) is 0 Å². The Morgan fingerprint density at radius 3 is 2.37 bits per heavy atom. The van der Waals surface area contributed by atoms with Crippen molar-refractivity contribution in [1.82, 2.24) is 0 Å². The van der Waals surface area contributed by atoms with Crippen LogP contribution in [0.3, 0.4) is 0 Å². The van der Waals surface area contributed by atoms with Crippen molar-refractivity contribution in [2.75, 3.05) is 23.7 Å². The van der Waals surface area contributed by atoms with E-state index >= 15 is 0 Å². The second-order valence-electron chi connectivity index (χ2n) is 5.14. The van der Waals surface area contributed by atoms with Gasteiger partial charge in [0, 0.05) is 24.5 Å². The largest absolute Gasteiger partial charge is 0.418 e. The van der Waals surface area contributed by atoms with Crippen LogP contribution < -0.4 is 10.6 Å². The van der Waals surface area contributed by atoms with Gasteiger partial charge >= 0.3 is 6.18 Å². The molecule has 2 aliphatic rings. The number of nitrogens with zero attached hydrogens (tertiary/aromatic N) is 1. The maximum atomic E-state index is 13.1. The molecule has 2 N–H and O–H groups in total. The number of halogens is 3. The summed E-state index contributed by atoms with van der Waals surface area (Å²) in [4.78, 5) is 1.77. The molecule has 2 aliphatic heterocycles. The predicted molar refractivity (Wildman–Crippen MR) is 66.0 cm³/mol. The third-order valence-corrected chi connectivity index (χ3v) is 3.71. The highest BCUT2D eigenvalue weighted by molar-refractivity contribution is 5.61. The number of alkyl halides is 3. The van der Waals surface area contributed by atoms with E-state index in [1.54, 1.807) is 4.90 Å². The number of anilines is 2. The van der Waals surface area contributed by atoms with Gasteiger partial charge in [-0.2, -0.15) is 13.2 Å². The SMILES string of the molecule is Nc1ccc(N2CC3CCC(C2)O3)c(C(F)(F)F)c1. The minimum absolute atomic E-state index is 0.0531. The molecule has 2 fully saturated rings. The van der Waals surface area contributed by atoms with Gasteiger partial charge in [0.15, 0.2) is 0 Å². The molecule has 3 nitrogen and oxygen atoms in total. The number of ether oxygens (including phenoxy) is 1. The second kappa shape index (κ2) is 4.30. The summed E-state index contributed by atoms with van der Waals surface area (Å²) >= 11 is 0. The van der Waals surface area contributed by atoms with Crippen molar-refractivity contribution in [3.05, 3.63) is 23.8 Å². The van der Waals surface area contributed by atoms with Gasteiger partial charge in [-0.15, -0.1) is 0 Å². The minimum Gasteiger partial charge on any atom is -0.399 e. The lowest BCUT2D eigenvalue weighted by Gasteiger charge is -2.35. The Labute approximate surface area is 109 Å². The zero-order chi connectivity index (χ0) is 13.6. The molecular formula is C13H15F3N2O. The Balaban J connectivity index is 1.96. The van der Waals surface area contributed by atoms with E-state index in [-0.39, 0.29) is 23.6 Å². The lowest BCUT2D eigenvalue weighted by Crippen LogP contribution is -2.43. The minimum atomic E-state index is -4.39. The van der Waals surface area contributed by atoms with Crippen LogP contribution in [0.1, 0.15) is 18.4 Å². The maximum Gasteiger partial charge on any atom is 0.418 e. The maximum absolute atomic E-state index is 13.1. The van der Waals surface area contributed by atoms with E-state index in [9.17, 15) is 13.2 Å². The Kier molecular flexibility index (Phi) is 2.85. The number of fused-ring (bicyclic) bond motifs is 2. The fraction of sp³-hybridized carbons (Fsp3) is 0.538. The molecule has 0 saturated carbocycles. The van der Waals surface area contributed by atoms with E-state index in [0.717, 1.165) is 18.9 Å². The van der Waals surface area contributed by atoms with Crippen LogP contribution in [-0.4, -0.2) is 25.3 Å². The van der Waals surface area contributed by atoms with Gasteiger partial charge in [-0.3, -0.25) is 0 Å². The van der Waals surface area contributed by atoms with Crippen molar-refractivity contribution in [2.45, 2.75) is 31.2 Å². The predicted octanol–water partition coefficient (Wildman–Crippen LogP) is 2.66. The standard InChI is InChI=1S/C13H15F3N2O/c14-13(15,16)11-5-8(17)1-4-12(11)18-6-9-2-3-10(7-18)19-9/h1,4-5,9-10H,2-3,6-7,17H2. The molecule has 0 amide bonds. The van der Waals surface area contributed by atoms with Gasteiger partial charge in [-0.1, -0.05) is 0 Å². The molecule has 0 aliphatic carbocycles. The molecule has 0 radical (unpaired) electrons. The highest BCUT2D eigenvalue weighted by Crippen LogP contribution is 2.40. The summed E-state index contributed by atoms with van der Waals surface area (Å²) in [5, 5.41) is 0.